The SMILES string of the molecule is CC1Cc2ccccc2N1C(=O)NC(CC(=O)O)C(=O)O. The molecule has 112 valence electrons. The summed E-state index contributed by atoms with van der Waals surface area (Å²) in [5, 5.41) is 19.9. The van der Waals surface area contributed by atoms with Crippen LogP contribution in [0.4, 0.5) is 10.5 Å². The van der Waals surface area contributed by atoms with Crippen molar-refractivity contribution in [3.63, 3.8) is 0 Å². The number of carbonyl (C=O) groups excluding carboxylic acids is 1. The van der Waals surface area contributed by atoms with E-state index in [4.69, 9.17) is 10.2 Å². The number of amides is 2. The molecule has 2 unspecified atom stereocenters. The van der Waals surface area contributed by atoms with Gasteiger partial charge < -0.3 is 15.5 Å². The number of para-hydroxylation sites is 1. The lowest BCUT2D eigenvalue weighted by atomic mass is 10.1. The van der Waals surface area contributed by atoms with Crippen LogP contribution in [0.5, 0.6) is 0 Å². The molecule has 0 radical (unpaired) electrons. The molecule has 0 spiro atoms. The number of fused-ring (bicyclic) bond motifs is 1. The van der Waals surface area contributed by atoms with E-state index in [2.05, 4.69) is 5.32 Å². The molecule has 1 aromatic rings. The maximum atomic E-state index is 12.3. The largest absolute Gasteiger partial charge is 0.481 e. The number of carboxylic acid groups (broad SMARTS) is 2. The van der Waals surface area contributed by atoms with Gasteiger partial charge in [-0.1, -0.05) is 18.2 Å². The van der Waals surface area contributed by atoms with Crippen LogP contribution < -0.4 is 10.2 Å². The van der Waals surface area contributed by atoms with Crippen molar-refractivity contribution in [1.29, 1.82) is 0 Å². The summed E-state index contributed by atoms with van der Waals surface area (Å²) >= 11 is 0. The molecule has 7 heteroatoms. The highest BCUT2D eigenvalue weighted by molar-refractivity contribution is 5.97. The van der Waals surface area contributed by atoms with E-state index in [1.807, 2.05) is 19.1 Å². The first-order valence-corrected chi connectivity index (χ1v) is 6.52. The van der Waals surface area contributed by atoms with Crippen molar-refractivity contribution in [2.24, 2.45) is 0 Å². The van der Waals surface area contributed by atoms with Crippen molar-refractivity contribution in [3.8, 4) is 0 Å². The summed E-state index contributed by atoms with van der Waals surface area (Å²) in [5.74, 6) is -2.65. The van der Waals surface area contributed by atoms with Crippen LogP contribution >= 0.6 is 0 Å². The first kappa shape index (κ1) is 14.8. The maximum Gasteiger partial charge on any atom is 0.326 e. The van der Waals surface area contributed by atoms with Gasteiger partial charge in [0.1, 0.15) is 6.04 Å². The highest BCUT2D eigenvalue weighted by atomic mass is 16.4. The Bertz CT molecular complexity index is 586. The van der Waals surface area contributed by atoms with E-state index >= 15 is 0 Å². The quantitative estimate of drug-likeness (QED) is 0.769. The van der Waals surface area contributed by atoms with Crippen molar-refractivity contribution in [1.82, 2.24) is 5.32 Å². The van der Waals surface area contributed by atoms with Crippen LogP contribution in [0.1, 0.15) is 18.9 Å². The Balaban J connectivity index is 2.16. The molecule has 1 aromatic carbocycles. The molecule has 1 aliphatic heterocycles. The number of urea groups is 1. The number of carboxylic acids is 2. The molecule has 0 aliphatic carbocycles. The summed E-state index contributed by atoms with van der Waals surface area (Å²) in [4.78, 5) is 35.4. The minimum absolute atomic E-state index is 0.110. The number of nitrogens with one attached hydrogen (secondary N) is 1. The number of carbonyl (C=O) groups is 3. The Kier molecular flexibility index (Phi) is 4.11. The highest BCUT2D eigenvalue weighted by Crippen LogP contribution is 2.31. The normalized spacial score (nSPS) is 18.0. The molecule has 0 saturated heterocycles. The van der Waals surface area contributed by atoms with Crippen LogP contribution in [-0.4, -0.2) is 40.3 Å². The predicted octanol–water partition coefficient (Wildman–Crippen LogP) is 1.08. The summed E-state index contributed by atoms with van der Waals surface area (Å²) in [6, 6.07) is 5.20. The molecule has 2 atom stereocenters. The minimum Gasteiger partial charge on any atom is -0.481 e. The molecule has 0 fully saturated rings. The molecule has 0 saturated carbocycles. The first-order chi connectivity index (χ1) is 9.90. The molecular weight excluding hydrogens is 276 g/mol. The van der Waals surface area contributed by atoms with Crippen LogP contribution in [0.15, 0.2) is 24.3 Å². The first-order valence-electron chi connectivity index (χ1n) is 6.52. The Morgan fingerprint density at radius 1 is 1.33 bits per heavy atom. The van der Waals surface area contributed by atoms with E-state index in [-0.39, 0.29) is 6.04 Å². The Morgan fingerprint density at radius 2 is 2.00 bits per heavy atom. The van der Waals surface area contributed by atoms with Gasteiger partial charge in [-0.15, -0.1) is 0 Å². The number of nitrogens with zero attached hydrogens (tertiary/aromatic N) is 1. The fourth-order valence-corrected chi connectivity index (χ4v) is 2.47. The van der Waals surface area contributed by atoms with Gasteiger partial charge in [-0.25, -0.2) is 9.59 Å². The van der Waals surface area contributed by atoms with Crippen molar-refractivity contribution in [3.05, 3.63) is 29.8 Å². The fraction of sp³-hybridized carbons (Fsp3) is 0.357. The fourth-order valence-electron chi connectivity index (χ4n) is 2.47. The zero-order valence-electron chi connectivity index (χ0n) is 11.4. The van der Waals surface area contributed by atoms with Gasteiger partial charge in [-0.3, -0.25) is 9.69 Å². The van der Waals surface area contributed by atoms with Crippen molar-refractivity contribution in [2.75, 3.05) is 4.90 Å². The Morgan fingerprint density at radius 3 is 2.62 bits per heavy atom. The predicted molar refractivity (Wildman–Crippen MR) is 74.3 cm³/mol. The Hall–Kier alpha value is -2.57. The summed E-state index contributed by atoms with van der Waals surface area (Å²) in [6.07, 6.45) is 0.0191. The average Bonchev–Trinajstić information content (AvgIpc) is 2.73. The molecule has 7 nitrogen and oxygen atoms in total. The van der Waals surface area contributed by atoms with E-state index in [1.165, 1.54) is 4.90 Å². The zero-order chi connectivity index (χ0) is 15.6. The monoisotopic (exact) mass is 292 g/mol. The lowest BCUT2D eigenvalue weighted by Gasteiger charge is -2.24. The lowest BCUT2D eigenvalue weighted by molar-refractivity contribution is -0.145. The molecule has 21 heavy (non-hydrogen) atoms. The molecule has 1 heterocycles. The number of rotatable bonds is 4. The van der Waals surface area contributed by atoms with Gasteiger partial charge in [-0.2, -0.15) is 0 Å². The average molecular weight is 292 g/mol. The number of hydrogen-bond acceptors (Lipinski definition) is 3. The van der Waals surface area contributed by atoms with Crippen molar-refractivity contribution < 1.29 is 24.6 Å². The third-order valence-corrected chi connectivity index (χ3v) is 3.40. The van der Waals surface area contributed by atoms with E-state index in [0.717, 1.165) is 11.3 Å². The smallest absolute Gasteiger partial charge is 0.326 e. The van der Waals surface area contributed by atoms with Crippen LogP contribution in [0.2, 0.25) is 0 Å². The van der Waals surface area contributed by atoms with Gasteiger partial charge in [-0.05, 0) is 25.0 Å². The van der Waals surface area contributed by atoms with Crippen molar-refractivity contribution in [2.45, 2.75) is 31.8 Å². The Labute approximate surface area is 121 Å². The lowest BCUT2D eigenvalue weighted by Crippen LogP contribution is -2.50. The van der Waals surface area contributed by atoms with E-state index < -0.39 is 30.4 Å². The van der Waals surface area contributed by atoms with E-state index in [0.29, 0.717) is 6.42 Å². The number of aliphatic carboxylic acids is 2. The van der Waals surface area contributed by atoms with Crippen LogP contribution in [0.3, 0.4) is 0 Å². The summed E-state index contributed by atoms with van der Waals surface area (Å²) in [6.45, 7) is 1.85. The topological polar surface area (TPSA) is 107 Å². The van der Waals surface area contributed by atoms with Crippen LogP contribution in [0.25, 0.3) is 0 Å². The van der Waals surface area contributed by atoms with Crippen LogP contribution in [-0.2, 0) is 16.0 Å². The van der Waals surface area contributed by atoms with E-state index in [9.17, 15) is 14.4 Å². The number of benzene rings is 1. The second-order valence-corrected chi connectivity index (χ2v) is 4.99. The molecule has 0 aromatic heterocycles. The third-order valence-electron chi connectivity index (χ3n) is 3.40. The van der Waals surface area contributed by atoms with Crippen molar-refractivity contribution >= 4 is 23.7 Å². The van der Waals surface area contributed by atoms with Gasteiger partial charge in [0.05, 0.1) is 6.42 Å². The van der Waals surface area contributed by atoms with Gasteiger partial charge in [0.2, 0.25) is 0 Å². The maximum absolute atomic E-state index is 12.3. The second-order valence-electron chi connectivity index (χ2n) is 4.99. The minimum atomic E-state index is -1.45. The molecule has 3 N–H and O–H groups in total. The van der Waals surface area contributed by atoms with Crippen LogP contribution in [0, 0.1) is 0 Å². The summed E-state index contributed by atoms with van der Waals surface area (Å²) in [5.41, 5.74) is 1.73. The molecule has 2 amide bonds. The van der Waals surface area contributed by atoms with Gasteiger partial charge in [0, 0.05) is 11.7 Å². The van der Waals surface area contributed by atoms with Gasteiger partial charge in [0.25, 0.3) is 0 Å². The highest BCUT2D eigenvalue weighted by Gasteiger charge is 2.33. The van der Waals surface area contributed by atoms with Gasteiger partial charge >= 0.3 is 18.0 Å². The second kappa shape index (κ2) is 5.82. The molecule has 1 aliphatic rings. The van der Waals surface area contributed by atoms with E-state index in [1.54, 1.807) is 12.1 Å². The summed E-state index contributed by atoms with van der Waals surface area (Å²) in [7, 11) is 0. The van der Waals surface area contributed by atoms with Gasteiger partial charge in [0.15, 0.2) is 0 Å². The zero-order valence-corrected chi connectivity index (χ0v) is 11.4. The standard InChI is InChI=1S/C14H16N2O5/c1-8-6-9-4-2-3-5-11(9)16(8)14(21)15-10(13(19)20)7-12(17)18/h2-5,8,10H,6-7H2,1H3,(H,15,21)(H,17,18)(H,19,20). The molecule has 2 rings (SSSR count). The molecular formula is C14H16N2O5. The number of anilines is 1. The molecule has 0 bridgehead atoms. The summed E-state index contributed by atoms with van der Waals surface area (Å²) < 4.78 is 0. The third kappa shape index (κ3) is 3.13. The number of hydrogen-bond donors (Lipinski definition) is 3.